The fourth-order valence-corrected chi connectivity index (χ4v) is 3.91. The maximum absolute atomic E-state index is 12.8. The second-order valence-corrected chi connectivity index (χ2v) is 7.67. The summed E-state index contributed by atoms with van der Waals surface area (Å²) in [5.41, 5.74) is 4.66. The monoisotopic (exact) mass is 406 g/mol. The Kier molecular flexibility index (Phi) is 5.84. The predicted octanol–water partition coefficient (Wildman–Crippen LogP) is 4.42. The van der Waals surface area contributed by atoms with Crippen LogP contribution in [0.2, 0.25) is 5.02 Å². The van der Waals surface area contributed by atoms with Gasteiger partial charge in [-0.25, -0.2) is 0 Å². The first-order valence-corrected chi connectivity index (χ1v) is 10.1. The Morgan fingerprint density at radius 2 is 1.76 bits per heavy atom. The number of aliphatic hydroxyl groups excluding tert-OH is 1. The van der Waals surface area contributed by atoms with E-state index >= 15 is 0 Å². The molecule has 0 saturated carbocycles. The van der Waals surface area contributed by atoms with Gasteiger partial charge in [0.05, 0.1) is 6.54 Å². The number of aliphatic hydroxyl groups is 1. The van der Waals surface area contributed by atoms with Crippen LogP contribution in [0.3, 0.4) is 0 Å². The molecule has 0 radical (unpaired) electrons. The average molecular weight is 407 g/mol. The van der Waals surface area contributed by atoms with E-state index in [-0.39, 0.29) is 12.5 Å². The van der Waals surface area contributed by atoms with Crippen LogP contribution in [0.1, 0.15) is 28.4 Å². The van der Waals surface area contributed by atoms with Gasteiger partial charge >= 0.3 is 0 Å². The summed E-state index contributed by atoms with van der Waals surface area (Å²) >= 11 is 6.17. The molecule has 1 heterocycles. The number of anilines is 1. The highest BCUT2D eigenvalue weighted by Crippen LogP contribution is 2.31. The molecule has 1 amide bonds. The van der Waals surface area contributed by atoms with Gasteiger partial charge in [-0.1, -0.05) is 66.2 Å². The van der Waals surface area contributed by atoms with Crippen LogP contribution in [0.25, 0.3) is 0 Å². The van der Waals surface area contributed by atoms with Crippen molar-refractivity contribution in [1.29, 1.82) is 0 Å². The number of hydrogen-bond donors (Lipinski definition) is 2. The number of amides is 1. The zero-order valence-electron chi connectivity index (χ0n) is 16.0. The van der Waals surface area contributed by atoms with Gasteiger partial charge in [0.25, 0.3) is 0 Å². The van der Waals surface area contributed by atoms with E-state index in [1.54, 1.807) is 12.1 Å². The van der Waals surface area contributed by atoms with Gasteiger partial charge in [0.2, 0.25) is 5.91 Å². The normalized spacial score (nSPS) is 14.2. The first kappa shape index (κ1) is 19.5. The Balaban J connectivity index is 1.47. The summed E-state index contributed by atoms with van der Waals surface area (Å²) in [4.78, 5) is 14.6. The van der Waals surface area contributed by atoms with Gasteiger partial charge < -0.3 is 15.3 Å². The Labute approximate surface area is 175 Å². The van der Waals surface area contributed by atoms with Gasteiger partial charge in [-0.2, -0.15) is 0 Å². The fraction of sp³-hybridized carbons (Fsp3) is 0.208. The minimum atomic E-state index is -0.825. The number of halogens is 1. The quantitative estimate of drug-likeness (QED) is 0.659. The van der Waals surface area contributed by atoms with Crippen molar-refractivity contribution in [1.82, 2.24) is 4.90 Å². The van der Waals surface area contributed by atoms with Crippen LogP contribution >= 0.6 is 11.6 Å². The zero-order chi connectivity index (χ0) is 20.2. The summed E-state index contributed by atoms with van der Waals surface area (Å²) in [6.45, 7) is 1.52. The van der Waals surface area contributed by atoms with Crippen LogP contribution in [0, 0.1) is 0 Å². The highest BCUT2D eigenvalue weighted by Gasteiger charge is 2.21. The first-order valence-electron chi connectivity index (χ1n) is 9.72. The van der Waals surface area contributed by atoms with Gasteiger partial charge in [0.1, 0.15) is 6.10 Å². The molecule has 1 aliphatic heterocycles. The topological polar surface area (TPSA) is 52.6 Å². The molecule has 0 aliphatic carbocycles. The average Bonchev–Trinajstić information content (AvgIpc) is 2.77. The number of carbonyl (C=O) groups excluding carboxylic acids is 1. The Morgan fingerprint density at radius 3 is 2.55 bits per heavy atom. The summed E-state index contributed by atoms with van der Waals surface area (Å²) in [6.07, 6.45) is 0.0512. The van der Waals surface area contributed by atoms with Crippen LogP contribution in [0.5, 0.6) is 0 Å². The molecular formula is C24H23ClN2O2. The lowest BCUT2D eigenvalue weighted by atomic mass is 9.99. The lowest BCUT2D eigenvalue weighted by molar-refractivity contribution is -0.130. The van der Waals surface area contributed by atoms with E-state index in [1.165, 1.54) is 11.1 Å². The highest BCUT2D eigenvalue weighted by molar-refractivity contribution is 6.30. The molecule has 1 atom stereocenters. The SMILES string of the molecule is O=C(CNc1ccc(Cl)cc1C(O)c1ccccc1)N1CCc2ccccc2C1. The van der Waals surface area contributed by atoms with Crippen molar-refractivity contribution in [2.45, 2.75) is 19.1 Å². The van der Waals surface area contributed by atoms with Gasteiger partial charge in [-0.3, -0.25) is 4.79 Å². The molecule has 4 nitrogen and oxygen atoms in total. The molecule has 0 bridgehead atoms. The van der Waals surface area contributed by atoms with Crippen molar-refractivity contribution in [2.75, 3.05) is 18.4 Å². The molecular weight excluding hydrogens is 384 g/mol. The van der Waals surface area contributed by atoms with Gasteiger partial charge in [0.15, 0.2) is 0 Å². The van der Waals surface area contributed by atoms with Crippen LogP contribution in [-0.4, -0.2) is 29.0 Å². The van der Waals surface area contributed by atoms with Gasteiger partial charge in [-0.15, -0.1) is 0 Å². The summed E-state index contributed by atoms with van der Waals surface area (Å²) in [7, 11) is 0. The van der Waals surface area contributed by atoms with Gasteiger partial charge in [0, 0.05) is 29.4 Å². The van der Waals surface area contributed by atoms with E-state index < -0.39 is 6.10 Å². The number of nitrogens with one attached hydrogen (secondary N) is 1. The molecule has 0 fully saturated rings. The first-order chi connectivity index (χ1) is 14.1. The number of nitrogens with zero attached hydrogens (tertiary/aromatic N) is 1. The molecule has 2 N–H and O–H groups in total. The fourth-order valence-electron chi connectivity index (χ4n) is 3.73. The van der Waals surface area contributed by atoms with Crippen LogP contribution in [0.15, 0.2) is 72.8 Å². The third-order valence-electron chi connectivity index (χ3n) is 5.34. The van der Waals surface area contributed by atoms with Crippen LogP contribution in [0.4, 0.5) is 5.69 Å². The van der Waals surface area contributed by atoms with E-state index in [2.05, 4.69) is 17.4 Å². The molecule has 29 heavy (non-hydrogen) atoms. The summed E-state index contributed by atoms with van der Waals surface area (Å²) in [5, 5.41) is 14.6. The third-order valence-corrected chi connectivity index (χ3v) is 5.57. The van der Waals surface area contributed by atoms with E-state index in [9.17, 15) is 9.90 Å². The molecule has 1 aliphatic rings. The standard InChI is InChI=1S/C24H23ClN2O2/c25-20-10-11-22(21(14-20)24(29)18-7-2-1-3-8-18)26-15-23(28)27-13-12-17-6-4-5-9-19(17)16-27/h1-11,14,24,26,29H,12-13,15-16H2. The Morgan fingerprint density at radius 1 is 1.03 bits per heavy atom. The molecule has 0 aromatic heterocycles. The Bertz CT molecular complexity index is 1010. The molecule has 3 aromatic rings. The number of fused-ring (bicyclic) bond motifs is 1. The number of benzene rings is 3. The maximum atomic E-state index is 12.8. The molecule has 3 aromatic carbocycles. The van der Waals surface area contributed by atoms with Gasteiger partial charge in [-0.05, 0) is 41.3 Å². The van der Waals surface area contributed by atoms with E-state index in [1.807, 2.05) is 53.4 Å². The summed E-state index contributed by atoms with van der Waals surface area (Å²) in [5.74, 6) is 0.0367. The van der Waals surface area contributed by atoms with E-state index in [0.717, 1.165) is 18.5 Å². The lowest BCUT2D eigenvalue weighted by Crippen LogP contribution is -2.39. The van der Waals surface area contributed by atoms with Crippen LogP contribution in [-0.2, 0) is 17.8 Å². The van der Waals surface area contributed by atoms with Crippen molar-refractivity contribution in [3.8, 4) is 0 Å². The van der Waals surface area contributed by atoms with Crippen LogP contribution < -0.4 is 5.32 Å². The molecule has 0 spiro atoms. The van der Waals surface area contributed by atoms with E-state index in [0.29, 0.717) is 22.8 Å². The number of hydrogen-bond acceptors (Lipinski definition) is 3. The van der Waals surface area contributed by atoms with Crippen molar-refractivity contribution < 1.29 is 9.90 Å². The molecule has 5 heteroatoms. The second-order valence-electron chi connectivity index (χ2n) is 7.23. The molecule has 148 valence electrons. The van der Waals surface area contributed by atoms with Crippen molar-refractivity contribution >= 4 is 23.2 Å². The molecule has 1 unspecified atom stereocenters. The minimum Gasteiger partial charge on any atom is -0.384 e. The smallest absolute Gasteiger partial charge is 0.242 e. The molecule has 0 saturated heterocycles. The maximum Gasteiger partial charge on any atom is 0.242 e. The zero-order valence-corrected chi connectivity index (χ0v) is 16.8. The van der Waals surface area contributed by atoms with E-state index in [4.69, 9.17) is 11.6 Å². The number of carbonyl (C=O) groups is 1. The Hall–Kier alpha value is -2.82. The molecule has 4 rings (SSSR count). The third kappa shape index (κ3) is 4.44. The van der Waals surface area contributed by atoms with Crippen molar-refractivity contribution in [2.24, 2.45) is 0 Å². The highest BCUT2D eigenvalue weighted by atomic mass is 35.5. The van der Waals surface area contributed by atoms with Crippen molar-refractivity contribution in [3.05, 3.63) is 100 Å². The van der Waals surface area contributed by atoms with Crippen molar-refractivity contribution in [3.63, 3.8) is 0 Å². The minimum absolute atomic E-state index is 0.0367. The largest absolute Gasteiger partial charge is 0.384 e. The number of rotatable bonds is 5. The lowest BCUT2D eigenvalue weighted by Gasteiger charge is -2.29. The predicted molar refractivity (Wildman–Crippen MR) is 116 cm³/mol. The summed E-state index contributed by atoms with van der Waals surface area (Å²) < 4.78 is 0. The second kappa shape index (κ2) is 8.68. The summed E-state index contributed by atoms with van der Waals surface area (Å²) in [6, 6.07) is 23.0.